The molecule has 1 N–H and O–H groups in total. The first-order valence-corrected chi connectivity index (χ1v) is 7.87. The Morgan fingerprint density at radius 3 is 2.38 bits per heavy atom. The SMILES string of the molecule is C/C(=N/NC(=O)Cn1ccccc1=O)c1ccc(C(C)(C)C)cc1. The van der Waals surface area contributed by atoms with Gasteiger partial charge in [-0.25, -0.2) is 5.43 Å². The number of carbonyl (C=O) groups is 1. The standard InChI is InChI=1S/C19H23N3O2/c1-14(15-8-10-16(11-9-15)19(2,3)4)20-21-17(23)13-22-12-6-5-7-18(22)24/h5-12H,13H2,1-4H3,(H,21,23)/b20-14-. The number of hydrazone groups is 1. The molecular weight excluding hydrogens is 302 g/mol. The summed E-state index contributed by atoms with van der Waals surface area (Å²) in [6, 6.07) is 12.9. The zero-order valence-corrected chi connectivity index (χ0v) is 14.5. The van der Waals surface area contributed by atoms with Gasteiger partial charge < -0.3 is 4.57 Å². The summed E-state index contributed by atoms with van der Waals surface area (Å²) in [6.07, 6.45) is 1.57. The number of rotatable bonds is 4. The molecule has 1 aromatic carbocycles. The van der Waals surface area contributed by atoms with Crippen molar-refractivity contribution in [2.24, 2.45) is 5.10 Å². The third-order valence-electron chi connectivity index (χ3n) is 3.73. The number of pyridine rings is 1. The van der Waals surface area contributed by atoms with E-state index in [9.17, 15) is 9.59 Å². The quantitative estimate of drug-likeness (QED) is 0.694. The minimum absolute atomic E-state index is 0.0561. The molecule has 2 rings (SSSR count). The predicted molar refractivity (Wildman–Crippen MR) is 96.2 cm³/mol. The normalized spacial score (nSPS) is 12.1. The average molecular weight is 325 g/mol. The molecule has 0 saturated heterocycles. The van der Waals surface area contributed by atoms with E-state index >= 15 is 0 Å². The monoisotopic (exact) mass is 325 g/mol. The Kier molecular flexibility index (Phi) is 5.34. The predicted octanol–water partition coefficient (Wildman–Crippen LogP) is 2.69. The molecule has 0 bridgehead atoms. The maximum absolute atomic E-state index is 11.9. The fraction of sp³-hybridized carbons (Fsp3) is 0.316. The third kappa shape index (κ3) is 4.65. The first-order chi connectivity index (χ1) is 11.3. The number of aromatic nitrogens is 1. The molecule has 5 heteroatoms. The number of carbonyl (C=O) groups excluding carboxylic acids is 1. The van der Waals surface area contributed by atoms with Crippen LogP contribution in [0.2, 0.25) is 0 Å². The van der Waals surface area contributed by atoms with E-state index in [0.29, 0.717) is 5.71 Å². The molecule has 0 saturated carbocycles. The molecule has 0 fully saturated rings. The lowest BCUT2D eigenvalue weighted by Crippen LogP contribution is -2.29. The van der Waals surface area contributed by atoms with Crippen molar-refractivity contribution in [3.63, 3.8) is 0 Å². The van der Waals surface area contributed by atoms with Crippen LogP contribution in [0.4, 0.5) is 0 Å². The topological polar surface area (TPSA) is 63.5 Å². The summed E-state index contributed by atoms with van der Waals surface area (Å²) < 4.78 is 1.33. The number of hydrogen-bond acceptors (Lipinski definition) is 3. The Hall–Kier alpha value is -2.69. The lowest BCUT2D eigenvalue weighted by Gasteiger charge is -2.19. The van der Waals surface area contributed by atoms with Crippen LogP contribution in [-0.2, 0) is 16.8 Å². The van der Waals surface area contributed by atoms with E-state index < -0.39 is 0 Å². The number of nitrogens with zero attached hydrogens (tertiary/aromatic N) is 2. The molecule has 0 atom stereocenters. The van der Waals surface area contributed by atoms with Crippen molar-refractivity contribution in [3.05, 3.63) is 70.1 Å². The second kappa shape index (κ2) is 7.25. The number of hydrogen-bond donors (Lipinski definition) is 1. The number of nitrogens with one attached hydrogen (secondary N) is 1. The van der Waals surface area contributed by atoms with Gasteiger partial charge in [-0.1, -0.05) is 51.1 Å². The maximum Gasteiger partial charge on any atom is 0.260 e. The van der Waals surface area contributed by atoms with Crippen LogP contribution < -0.4 is 11.0 Å². The minimum Gasteiger partial charge on any atom is -0.306 e. The molecule has 1 amide bonds. The highest BCUT2D eigenvalue weighted by molar-refractivity contribution is 5.99. The van der Waals surface area contributed by atoms with Gasteiger partial charge in [0.15, 0.2) is 0 Å². The molecule has 2 aromatic rings. The van der Waals surface area contributed by atoms with E-state index in [-0.39, 0.29) is 23.4 Å². The Bertz CT molecular complexity index is 796. The zero-order valence-electron chi connectivity index (χ0n) is 14.5. The highest BCUT2D eigenvalue weighted by atomic mass is 16.2. The van der Waals surface area contributed by atoms with Gasteiger partial charge in [0, 0.05) is 12.3 Å². The van der Waals surface area contributed by atoms with Crippen molar-refractivity contribution in [2.45, 2.75) is 39.7 Å². The smallest absolute Gasteiger partial charge is 0.260 e. The Balaban J connectivity index is 2.02. The fourth-order valence-corrected chi connectivity index (χ4v) is 2.20. The van der Waals surface area contributed by atoms with Gasteiger partial charge >= 0.3 is 0 Å². The van der Waals surface area contributed by atoms with E-state index in [2.05, 4.69) is 43.4 Å². The first-order valence-electron chi connectivity index (χ1n) is 7.87. The second-order valence-electron chi connectivity index (χ2n) is 6.73. The molecule has 126 valence electrons. The van der Waals surface area contributed by atoms with Crippen LogP contribution in [0, 0.1) is 0 Å². The molecular formula is C19H23N3O2. The summed E-state index contributed by atoms with van der Waals surface area (Å²) in [5.74, 6) is -0.339. The van der Waals surface area contributed by atoms with Crippen molar-refractivity contribution in [1.82, 2.24) is 9.99 Å². The highest BCUT2D eigenvalue weighted by Gasteiger charge is 2.13. The van der Waals surface area contributed by atoms with Crippen LogP contribution in [0.25, 0.3) is 0 Å². The van der Waals surface area contributed by atoms with E-state index in [4.69, 9.17) is 0 Å². The van der Waals surface area contributed by atoms with Crippen LogP contribution in [0.1, 0.15) is 38.8 Å². The van der Waals surface area contributed by atoms with E-state index in [1.54, 1.807) is 18.3 Å². The van der Waals surface area contributed by atoms with Gasteiger partial charge in [-0.05, 0) is 29.5 Å². The lowest BCUT2D eigenvalue weighted by atomic mass is 9.86. The van der Waals surface area contributed by atoms with Crippen molar-refractivity contribution in [1.29, 1.82) is 0 Å². The molecule has 1 aromatic heterocycles. The van der Waals surface area contributed by atoms with Crippen molar-refractivity contribution < 1.29 is 4.79 Å². The summed E-state index contributed by atoms with van der Waals surface area (Å²) in [5.41, 5.74) is 5.27. The molecule has 1 heterocycles. The summed E-state index contributed by atoms with van der Waals surface area (Å²) in [4.78, 5) is 23.5. The first kappa shape index (κ1) is 17.7. The molecule has 0 aliphatic carbocycles. The fourth-order valence-electron chi connectivity index (χ4n) is 2.20. The van der Waals surface area contributed by atoms with Crippen LogP contribution in [0.5, 0.6) is 0 Å². The van der Waals surface area contributed by atoms with Crippen LogP contribution in [0.15, 0.2) is 58.6 Å². The van der Waals surface area contributed by atoms with E-state index in [1.165, 1.54) is 16.2 Å². The second-order valence-corrected chi connectivity index (χ2v) is 6.73. The van der Waals surface area contributed by atoms with Crippen molar-refractivity contribution in [2.75, 3.05) is 0 Å². The van der Waals surface area contributed by atoms with Crippen molar-refractivity contribution in [3.8, 4) is 0 Å². The largest absolute Gasteiger partial charge is 0.306 e. The molecule has 24 heavy (non-hydrogen) atoms. The Labute approximate surface area is 142 Å². The van der Waals surface area contributed by atoms with E-state index in [0.717, 1.165) is 5.56 Å². The molecule has 0 radical (unpaired) electrons. The molecule has 0 aliphatic rings. The van der Waals surface area contributed by atoms with Gasteiger partial charge in [0.05, 0.1) is 5.71 Å². The van der Waals surface area contributed by atoms with Crippen LogP contribution in [0.3, 0.4) is 0 Å². The summed E-state index contributed by atoms with van der Waals surface area (Å²) in [7, 11) is 0. The maximum atomic E-state index is 11.9. The van der Waals surface area contributed by atoms with Gasteiger partial charge in [-0.15, -0.1) is 0 Å². The number of benzene rings is 1. The molecule has 0 spiro atoms. The van der Waals surface area contributed by atoms with Gasteiger partial charge in [0.1, 0.15) is 6.54 Å². The lowest BCUT2D eigenvalue weighted by molar-refractivity contribution is -0.121. The third-order valence-corrected chi connectivity index (χ3v) is 3.73. The van der Waals surface area contributed by atoms with Crippen LogP contribution in [-0.4, -0.2) is 16.2 Å². The average Bonchev–Trinajstić information content (AvgIpc) is 2.54. The van der Waals surface area contributed by atoms with Gasteiger partial charge in [-0.3, -0.25) is 9.59 Å². The molecule has 5 nitrogen and oxygen atoms in total. The minimum atomic E-state index is -0.339. The van der Waals surface area contributed by atoms with Gasteiger partial charge in [0.2, 0.25) is 0 Å². The number of amides is 1. The van der Waals surface area contributed by atoms with Gasteiger partial charge in [-0.2, -0.15) is 5.10 Å². The highest BCUT2D eigenvalue weighted by Crippen LogP contribution is 2.22. The summed E-state index contributed by atoms with van der Waals surface area (Å²) in [5, 5.41) is 4.11. The molecule has 0 aliphatic heterocycles. The Morgan fingerprint density at radius 1 is 1.12 bits per heavy atom. The van der Waals surface area contributed by atoms with Crippen LogP contribution >= 0.6 is 0 Å². The molecule has 0 unspecified atom stereocenters. The zero-order chi connectivity index (χ0) is 17.7. The summed E-state index contributed by atoms with van der Waals surface area (Å²) in [6.45, 7) is 8.26. The van der Waals surface area contributed by atoms with Crippen molar-refractivity contribution >= 4 is 11.6 Å². The summed E-state index contributed by atoms with van der Waals surface area (Å²) >= 11 is 0. The van der Waals surface area contributed by atoms with Gasteiger partial charge in [0.25, 0.3) is 11.5 Å². The van der Waals surface area contributed by atoms with E-state index in [1.807, 2.05) is 19.1 Å². The Morgan fingerprint density at radius 2 is 1.79 bits per heavy atom.